The molecule has 0 N–H and O–H groups in total. The summed E-state index contributed by atoms with van der Waals surface area (Å²) in [7, 11) is 9.84. The topological polar surface area (TPSA) is 55.4 Å². The van der Waals surface area contributed by atoms with Crippen LogP contribution in [0.2, 0.25) is 0 Å². The SMILES string of the molecule is COc1cc(OC)c(C2c3c(c(OC)cc(OC)c3OC)C=C(C)C2C)cc1OC. The lowest BCUT2D eigenvalue weighted by molar-refractivity contribution is 0.337. The van der Waals surface area contributed by atoms with Gasteiger partial charge < -0.3 is 28.4 Å². The number of allylic oxidation sites excluding steroid dienone is 1. The van der Waals surface area contributed by atoms with Gasteiger partial charge in [-0.05, 0) is 18.9 Å². The van der Waals surface area contributed by atoms with Crippen molar-refractivity contribution in [3.05, 3.63) is 40.5 Å². The Kier molecular flexibility index (Phi) is 6.34. The minimum Gasteiger partial charge on any atom is -0.496 e. The Morgan fingerprint density at radius 3 is 1.70 bits per heavy atom. The normalized spacial score (nSPS) is 17.5. The Bertz CT molecular complexity index is 963. The third-order valence-corrected chi connectivity index (χ3v) is 5.90. The standard InChI is InChI=1S/C24H30O6/c1-13-9-15-18(26-4)12-21(29-7)24(30-8)23(15)22(14(13)2)16-10-19(27-5)20(28-6)11-17(16)25-3/h9-12,14,22H,1-8H3. The molecule has 0 spiro atoms. The van der Waals surface area contributed by atoms with Crippen molar-refractivity contribution >= 4 is 6.08 Å². The quantitative estimate of drug-likeness (QED) is 0.641. The number of hydrogen-bond donors (Lipinski definition) is 0. The lowest BCUT2D eigenvalue weighted by Crippen LogP contribution is -2.20. The zero-order valence-corrected chi connectivity index (χ0v) is 18.9. The van der Waals surface area contributed by atoms with Crippen molar-refractivity contribution in [1.29, 1.82) is 0 Å². The number of hydrogen-bond acceptors (Lipinski definition) is 6. The molecule has 0 saturated carbocycles. The van der Waals surface area contributed by atoms with Crippen molar-refractivity contribution in [2.24, 2.45) is 5.92 Å². The van der Waals surface area contributed by atoms with Crippen molar-refractivity contribution in [1.82, 2.24) is 0 Å². The van der Waals surface area contributed by atoms with Crippen molar-refractivity contribution < 1.29 is 28.4 Å². The molecule has 6 nitrogen and oxygen atoms in total. The van der Waals surface area contributed by atoms with E-state index in [-0.39, 0.29) is 11.8 Å². The lowest BCUT2D eigenvalue weighted by Gasteiger charge is -2.34. The van der Waals surface area contributed by atoms with Gasteiger partial charge in [0.15, 0.2) is 23.0 Å². The zero-order chi connectivity index (χ0) is 22.0. The second kappa shape index (κ2) is 8.78. The average Bonchev–Trinajstić information content (AvgIpc) is 2.78. The molecule has 6 heteroatoms. The predicted octanol–water partition coefficient (Wildman–Crippen LogP) is 4.92. The molecule has 0 aromatic heterocycles. The van der Waals surface area contributed by atoms with Gasteiger partial charge in [0.2, 0.25) is 0 Å². The highest BCUT2D eigenvalue weighted by Gasteiger charge is 2.36. The number of ether oxygens (including phenoxy) is 6. The van der Waals surface area contributed by atoms with Crippen LogP contribution >= 0.6 is 0 Å². The van der Waals surface area contributed by atoms with Crippen LogP contribution in [0.25, 0.3) is 6.08 Å². The molecule has 30 heavy (non-hydrogen) atoms. The van der Waals surface area contributed by atoms with Crippen LogP contribution in [0.1, 0.15) is 36.5 Å². The van der Waals surface area contributed by atoms with Gasteiger partial charge in [-0.1, -0.05) is 18.6 Å². The third kappa shape index (κ3) is 3.40. The predicted molar refractivity (Wildman–Crippen MR) is 117 cm³/mol. The Balaban J connectivity index is 2.40. The average molecular weight is 414 g/mol. The zero-order valence-electron chi connectivity index (χ0n) is 18.9. The summed E-state index contributed by atoms with van der Waals surface area (Å²) in [6.07, 6.45) is 2.16. The smallest absolute Gasteiger partial charge is 0.165 e. The summed E-state index contributed by atoms with van der Waals surface area (Å²) in [5.41, 5.74) is 4.18. The van der Waals surface area contributed by atoms with E-state index in [0.717, 1.165) is 22.4 Å². The van der Waals surface area contributed by atoms with E-state index in [1.165, 1.54) is 5.57 Å². The molecule has 0 amide bonds. The first-order chi connectivity index (χ1) is 14.4. The van der Waals surface area contributed by atoms with Crippen LogP contribution in [-0.4, -0.2) is 42.7 Å². The van der Waals surface area contributed by atoms with Gasteiger partial charge in [-0.25, -0.2) is 0 Å². The van der Waals surface area contributed by atoms with Crippen LogP contribution in [0.5, 0.6) is 34.5 Å². The van der Waals surface area contributed by atoms with Crippen LogP contribution in [0.15, 0.2) is 23.8 Å². The summed E-state index contributed by atoms with van der Waals surface area (Å²) in [5.74, 6) is 4.12. The van der Waals surface area contributed by atoms with Gasteiger partial charge in [0.25, 0.3) is 0 Å². The van der Waals surface area contributed by atoms with E-state index >= 15 is 0 Å². The van der Waals surface area contributed by atoms with E-state index in [9.17, 15) is 0 Å². The van der Waals surface area contributed by atoms with Crippen LogP contribution in [0, 0.1) is 5.92 Å². The number of fused-ring (bicyclic) bond motifs is 1. The van der Waals surface area contributed by atoms with Gasteiger partial charge in [0.05, 0.1) is 42.7 Å². The fourth-order valence-electron chi connectivity index (χ4n) is 4.23. The van der Waals surface area contributed by atoms with Crippen molar-refractivity contribution in [3.8, 4) is 34.5 Å². The molecular formula is C24H30O6. The van der Waals surface area contributed by atoms with E-state index in [1.807, 2.05) is 18.2 Å². The molecule has 162 valence electrons. The minimum atomic E-state index is -0.0706. The van der Waals surface area contributed by atoms with Crippen molar-refractivity contribution in [3.63, 3.8) is 0 Å². The Morgan fingerprint density at radius 1 is 0.633 bits per heavy atom. The molecule has 1 aliphatic carbocycles. The second-order valence-electron chi connectivity index (χ2n) is 7.25. The molecule has 2 unspecified atom stereocenters. The van der Waals surface area contributed by atoms with Gasteiger partial charge in [-0.2, -0.15) is 0 Å². The van der Waals surface area contributed by atoms with Crippen LogP contribution in [-0.2, 0) is 0 Å². The lowest BCUT2D eigenvalue weighted by atomic mass is 9.71. The molecule has 2 aromatic rings. The van der Waals surface area contributed by atoms with Gasteiger partial charge in [-0.3, -0.25) is 0 Å². The number of rotatable bonds is 7. The highest BCUT2D eigenvalue weighted by Crippen LogP contribution is 2.54. The molecular weight excluding hydrogens is 384 g/mol. The molecule has 0 saturated heterocycles. The fraction of sp³-hybridized carbons (Fsp3) is 0.417. The summed E-state index contributed by atoms with van der Waals surface area (Å²) in [6, 6.07) is 5.70. The monoisotopic (exact) mass is 414 g/mol. The summed E-state index contributed by atoms with van der Waals surface area (Å²) < 4.78 is 34.0. The first-order valence-corrected chi connectivity index (χ1v) is 9.76. The van der Waals surface area contributed by atoms with E-state index in [1.54, 1.807) is 42.7 Å². The molecule has 0 bridgehead atoms. The Hall–Kier alpha value is -3.02. The summed E-state index contributed by atoms with van der Waals surface area (Å²) in [6.45, 7) is 4.32. The molecule has 1 aliphatic rings. The molecule has 3 rings (SSSR count). The highest BCUT2D eigenvalue weighted by atomic mass is 16.5. The molecule has 2 aromatic carbocycles. The first kappa shape index (κ1) is 21.7. The highest BCUT2D eigenvalue weighted by molar-refractivity contribution is 5.75. The van der Waals surface area contributed by atoms with E-state index < -0.39 is 0 Å². The Morgan fingerprint density at radius 2 is 1.17 bits per heavy atom. The molecule has 0 aliphatic heterocycles. The van der Waals surface area contributed by atoms with Crippen LogP contribution in [0.3, 0.4) is 0 Å². The molecule has 0 heterocycles. The maximum atomic E-state index is 5.84. The summed E-state index contributed by atoms with van der Waals surface area (Å²) >= 11 is 0. The maximum absolute atomic E-state index is 5.84. The molecule has 2 atom stereocenters. The van der Waals surface area contributed by atoms with E-state index in [4.69, 9.17) is 28.4 Å². The molecule has 0 radical (unpaired) electrons. The fourth-order valence-corrected chi connectivity index (χ4v) is 4.23. The summed E-state index contributed by atoms with van der Waals surface area (Å²) in [5, 5.41) is 0. The minimum absolute atomic E-state index is 0.0706. The summed E-state index contributed by atoms with van der Waals surface area (Å²) in [4.78, 5) is 0. The maximum Gasteiger partial charge on any atom is 0.165 e. The van der Waals surface area contributed by atoms with Gasteiger partial charge in [-0.15, -0.1) is 0 Å². The van der Waals surface area contributed by atoms with Crippen molar-refractivity contribution in [2.45, 2.75) is 19.8 Å². The van der Waals surface area contributed by atoms with Gasteiger partial charge in [0.1, 0.15) is 11.5 Å². The first-order valence-electron chi connectivity index (χ1n) is 9.76. The largest absolute Gasteiger partial charge is 0.496 e. The number of methoxy groups -OCH3 is 6. The van der Waals surface area contributed by atoms with Crippen LogP contribution in [0.4, 0.5) is 0 Å². The van der Waals surface area contributed by atoms with Gasteiger partial charge in [0, 0.05) is 34.7 Å². The third-order valence-electron chi connectivity index (χ3n) is 5.90. The van der Waals surface area contributed by atoms with Gasteiger partial charge >= 0.3 is 0 Å². The Labute approximate surface area is 178 Å². The van der Waals surface area contributed by atoms with Crippen molar-refractivity contribution in [2.75, 3.05) is 42.7 Å². The molecule has 0 fully saturated rings. The number of benzene rings is 2. The second-order valence-corrected chi connectivity index (χ2v) is 7.25. The van der Waals surface area contributed by atoms with E-state index in [0.29, 0.717) is 28.7 Å². The van der Waals surface area contributed by atoms with E-state index in [2.05, 4.69) is 19.9 Å². The van der Waals surface area contributed by atoms with Crippen LogP contribution < -0.4 is 28.4 Å².